The first-order valence-electron chi connectivity index (χ1n) is 9.71. The number of hydrogen-bond acceptors (Lipinski definition) is 10. The van der Waals surface area contributed by atoms with E-state index in [9.17, 15) is 24.1 Å². The Balaban J connectivity index is 1.61. The lowest BCUT2D eigenvalue weighted by Crippen LogP contribution is -2.36. The summed E-state index contributed by atoms with van der Waals surface area (Å²) < 4.78 is 40.3. The van der Waals surface area contributed by atoms with Crippen LogP contribution in [0, 0.1) is 5.92 Å². The predicted molar refractivity (Wildman–Crippen MR) is 105 cm³/mol. The highest BCUT2D eigenvalue weighted by Gasteiger charge is 2.51. The number of aliphatic hydroxyl groups excluding tert-OH is 1. The van der Waals surface area contributed by atoms with Crippen LogP contribution in [0.3, 0.4) is 0 Å². The number of hydrogen-bond donors (Lipinski definition) is 2. The number of nitrogens with one attached hydrogen (secondary N) is 1. The first-order valence-corrected chi connectivity index (χ1v) is 11.2. The number of phosphoric acid groups is 1. The molecular weight excluding hydrogens is 435 g/mol. The quantitative estimate of drug-likeness (QED) is 0.339. The highest BCUT2D eigenvalue weighted by molar-refractivity contribution is 7.48. The zero-order chi connectivity index (χ0) is 22.8. The smallest absolute Gasteiger partial charge is 0.463 e. The first kappa shape index (κ1) is 23.4. The molecule has 31 heavy (non-hydrogen) atoms. The summed E-state index contributed by atoms with van der Waals surface area (Å²) in [4.78, 5) is 36.9. The van der Waals surface area contributed by atoms with E-state index in [-0.39, 0.29) is 37.9 Å². The lowest BCUT2D eigenvalue weighted by molar-refractivity contribution is -0.147. The molecule has 0 saturated carbocycles. The maximum Gasteiger partial charge on any atom is 0.529 e. The van der Waals surface area contributed by atoms with E-state index in [0.717, 1.165) is 10.6 Å². The van der Waals surface area contributed by atoms with Crippen LogP contribution in [-0.4, -0.2) is 52.2 Å². The Bertz CT molecular complexity index is 986. The van der Waals surface area contributed by atoms with Crippen molar-refractivity contribution < 1.29 is 37.5 Å². The van der Waals surface area contributed by atoms with Gasteiger partial charge in [0.25, 0.3) is 5.56 Å². The number of ether oxygens (including phenoxy) is 2. The van der Waals surface area contributed by atoms with Gasteiger partial charge in [-0.3, -0.25) is 28.2 Å². The van der Waals surface area contributed by atoms with E-state index < -0.39 is 49.4 Å². The van der Waals surface area contributed by atoms with E-state index in [4.69, 9.17) is 23.0 Å². The Morgan fingerprint density at radius 3 is 2.87 bits per heavy atom. The van der Waals surface area contributed by atoms with Crippen molar-refractivity contribution in [2.75, 3.05) is 13.2 Å². The lowest BCUT2D eigenvalue weighted by atomic mass is 9.97. The van der Waals surface area contributed by atoms with Crippen molar-refractivity contribution in [2.45, 2.75) is 51.2 Å². The van der Waals surface area contributed by atoms with Crippen molar-refractivity contribution in [3.05, 3.63) is 45.4 Å². The summed E-state index contributed by atoms with van der Waals surface area (Å²) >= 11 is 0. The van der Waals surface area contributed by atoms with Gasteiger partial charge in [-0.1, -0.05) is 6.58 Å². The second kappa shape index (κ2) is 9.49. The highest BCUT2D eigenvalue weighted by Crippen LogP contribution is 2.56. The minimum Gasteiger partial charge on any atom is -0.463 e. The molecule has 2 aliphatic rings. The maximum atomic E-state index is 12.8. The molecule has 2 aliphatic heterocycles. The molecule has 0 aliphatic carbocycles. The molecule has 3 heterocycles. The van der Waals surface area contributed by atoms with Crippen molar-refractivity contribution in [2.24, 2.45) is 5.92 Å². The van der Waals surface area contributed by atoms with Gasteiger partial charge in [-0.2, -0.15) is 0 Å². The molecule has 0 spiro atoms. The molecular formula is C18H25N2O10P. The zero-order valence-electron chi connectivity index (χ0n) is 17.1. The second-order valence-corrected chi connectivity index (χ2v) is 8.97. The molecule has 0 aromatic carbocycles. The van der Waals surface area contributed by atoms with Crippen LogP contribution in [0.25, 0.3) is 0 Å². The zero-order valence-corrected chi connectivity index (χ0v) is 18.0. The summed E-state index contributed by atoms with van der Waals surface area (Å²) in [5.74, 6) is -1.35. The standard InChI is InChI=1S/C18H25N2O10P/c1-10(2)28-14(22)5-4-8-26-31(25)27-9-12-15(11(3)30-31)16(23)17(29-12)20-7-6-13(21)19-18(20)24/h6-7,10,12,15-17,23H,3-5,8-9H2,1-2H3,(H,19,21,24). The summed E-state index contributed by atoms with van der Waals surface area (Å²) in [6, 6.07) is 1.12. The number of aromatic nitrogens is 2. The van der Waals surface area contributed by atoms with Gasteiger partial charge < -0.3 is 19.1 Å². The molecule has 13 heteroatoms. The van der Waals surface area contributed by atoms with E-state index in [2.05, 4.69) is 11.6 Å². The van der Waals surface area contributed by atoms with Gasteiger partial charge in [-0.15, -0.1) is 0 Å². The number of phosphoric ester groups is 1. The van der Waals surface area contributed by atoms with Gasteiger partial charge in [0, 0.05) is 18.7 Å². The van der Waals surface area contributed by atoms with Crippen molar-refractivity contribution in [3.63, 3.8) is 0 Å². The predicted octanol–water partition coefficient (Wildman–Crippen LogP) is 0.828. The van der Waals surface area contributed by atoms with Crippen LogP contribution in [0.2, 0.25) is 0 Å². The molecule has 1 aromatic rings. The number of H-pyrrole nitrogens is 1. The molecule has 5 atom stereocenters. The summed E-state index contributed by atoms with van der Waals surface area (Å²) in [5.41, 5.74) is -1.35. The van der Waals surface area contributed by atoms with Crippen LogP contribution in [0.5, 0.6) is 0 Å². The van der Waals surface area contributed by atoms with E-state index in [1.54, 1.807) is 13.8 Å². The summed E-state index contributed by atoms with van der Waals surface area (Å²) in [7, 11) is -4.05. The van der Waals surface area contributed by atoms with Gasteiger partial charge in [0.15, 0.2) is 6.23 Å². The van der Waals surface area contributed by atoms with Crippen molar-refractivity contribution in [3.8, 4) is 0 Å². The topological polar surface area (TPSA) is 155 Å². The van der Waals surface area contributed by atoms with Gasteiger partial charge >= 0.3 is 19.5 Å². The van der Waals surface area contributed by atoms with Gasteiger partial charge in [-0.05, 0) is 20.3 Å². The van der Waals surface area contributed by atoms with E-state index in [1.807, 2.05) is 0 Å². The highest BCUT2D eigenvalue weighted by atomic mass is 31.2. The maximum absolute atomic E-state index is 12.8. The third-order valence-electron chi connectivity index (χ3n) is 4.64. The molecule has 2 fully saturated rings. The van der Waals surface area contributed by atoms with E-state index in [1.165, 1.54) is 6.20 Å². The third-order valence-corrected chi connectivity index (χ3v) is 6.06. The Morgan fingerprint density at radius 1 is 1.45 bits per heavy atom. The van der Waals surface area contributed by atoms with Crippen LogP contribution < -0.4 is 11.2 Å². The fourth-order valence-electron chi connectivity index (χ4n) is 3.31. The van der Waals surface area contributed by atoms with Gasteiger partial charge in [0.2, 0.25) is 0 Å². The van der Waals surface area contributed by atoms with Crippen LogP contribution in [0.15, 0.2) is 34.2 Å². The van der Waals surface area contributed by atoms with Crippen LogP contribution in [-0.2, 0) is 32.4 Å². The lowest BCUT2D eigenvalue weighted by Gasteiger charge is -2.22. The molecule has 12 nitrogen and oxygen atoms in total. The molecule has 0 radical (unpaired) electrons. The molecule has 172 valence electrons. The average molecular weight is 460 g/mol. The molecule has 5 unspecified atom stereocenters. The number of aromatic amines is 1. The normalized spacial score (nSPS) is 30.5. The summed E-state index contributed by atoms with van der Waals surface area (Å²) in [6.07, 6.45) is -1.98. The van der Waals surface area contributed by atoms with E-state index in [0.29, 0.717) is 0 Å². The fraction of sp³-hybridized carbons (Fsp3) is 0.611. The molecule has 3 rings (SSSR count). The minimum atomic E-state index is -4.05. The van der Waals surface area contributed by atoms with Crippen molar-refractivity contribution in [1.29, 1.82) is 0 Å². The van der Waals surface area contributed by atoms with Crippen LogP contribution in [0.4, 0.5) is 0 Å². The third kappa shape index (κ3) is 5.52. The molecule has 1 aromatic heterocycles. The van der Waals surface area contributed by atoms with Gasteiger partial charge in [-0.25, -0.2) is 9.36 Å². The Morgan fingerprint density at radius 2 is 2.19 bits per heavy atom. The molecule has 0 bridgehead atoms. The van der Waals surface area contributed by atoms with Gasteiger partial charge in [0.05, 0.1) is 31.3 Å². The van der Waals surface area contributed by atoms with Gasteiger partial charge in [0.1, 0.15) is 11.9 Å². The Labute approximate surface area is 177 Å². The fourth-order valence-corrected chi connectivity index (χ4v) is 4.59. The molecule has 2 saturated heterocycles. The number of rotatable bonds is 7. The molecule has 2 N–H and O–H groups in total. The minimum absolute atomic E-state index is 0.0712. The number of aliphatic hydroxyl groups is 1. The first-order chi connectivity index (χ1) is 14.6. The summed E-state index contributed by atoms with van der Waals surface area (Å²) in [5, 5.41) is 10.7. The number of esters is 1. The van der Waals surface area contributed by atoms with Crippen LogP contribution in [0.1, 0.15) is 32.9 Å². The number of carbonyl (C=O) groups excluding carboxylic acids is 1. The van der Waals surface area contributed by atoms with Crippen molar-refractivity contribution >= 4 is 13.8 Å². The van der Waals surface area contributed by atoms with Crippen LogP contribution >= 0.6 is 7.82 Å². The van der Waals surface area contributed by atoms with Crippen molar-refractivity contribution in [1.82, 2.24) is 9.55 Å². The second-order valence-electron chi connectivity index (χ2n) is 7.37. The SMILES string of the molecule is C=C1OP(=O)(OCCCC(=O)OC(C)C)OCC2OC(n3ccc(=O)[nH]c3=O)C(O)C12. The van der Waals surface area contributed by atoms with E-state index >= 15 is 0 Å². The Hall–Kier alpha value is -2.24. The number of fused-ring (bicyclic) bond motifs is 1. The summed E-state index contributed by atoms with van der Waals surface area (Å²) in [6.45, 7) is 6.82. The Kier molecular flexibility index (Phi) is 7.17. The largest absolute Gasteiger partial charge is 0.529 e. The molecule has 0 amide bonds. The number of nitrogens with zero attached hydrogens (tertiary/aromatic N) is 1. The number of carbonyl (C=O) groups is 1. The monoisotopic (exact) mass is 460 g/mol. The average Bonchev–Trinajstić information content (AvgIpc) is 2.93.